The number of hydrogen-bond donors (Lipinski definition) is 2. The maximum absolute atomic E-state index is 12.3. The quantitative estimate of drug-likeness (QED) is 0.625. The van der Waals surface area contributed by atoms with Crippen LogP contribution in [0.5, 0.6) is 5.75 Å². The van der Waals surface area contributed by atoms with Crippen molar-refractivity contribution in [1.29, 1.82) is 0 Å². The SMILES string of the molecule is COc1ccc(C(O)Cn2cnc(C(=O)Nc3ccc(Br)c(C)c3)n2)cc1. The minimum absolute atomic E-state index is 0.0394. The lowest BCUT2D eigenvalue weighted by Gasteiger charge is -2.11. The Balaban J connectivity index is 1.64. The van der Waals surface area contributed by atoms with Gasteiger partial charge in [0.2, 0.25) is 5.82 Å². The van der Waals surface area contributed by atoms with E-state index in [2.05, 4.69) is 31.3 Å². The van der Waals surface area contributed by atoms with Crippen molar-refractivity contribution >= 4 is 27.5 Å². The molecule has 1 atom stereocenters. The van der Waals surface area contributed by atoms with Crippen LogP contribution in [0.15, 0.2) is 53.3 Å². The summed E-state index contributed by atoms with van der Waals surface area (Å²) in [5.41, 5.74) is 2.40. The van der Waals surface area contributed by atoms with Gasteiger partial charge in [-0.1, -0.05) is 28.1 Å². The minimum Gasteiger partial charge on any atom is -0.497 e. The summed E-state index contributed by atoms with van der Waals surface area (Å²) >= 11 is 3.42. The Morgan fingerprint density at radius 1 is 1.30 bits per heavy atom. The van der Waals surface area contributed by atoms with Crippen molar-refractivity contribution < 1.29 is 14.6 Å². The first kappa shape index (κ1) is 19.1. The van der Waals surface area contributed by atoms with Gasteiger partial charge in [0.05, 0.1) is 19.8 Å². The number of carbonyl (C=O) groups excluding carboxylic acids is 1. The maximum Gasteiger partial charge on any atom is 0.295 e. The Bertz CT molecular complexity index is 940. The van der Waals surface area contributed by atoms with E-state index in [1.54, 1.807) is 37.4 Å². The minimum atomic E-state index is -0.775. The largest absolute Gasteiger partial charge is 0.497 e. The standard InChI is InChI=1S/C19H19BrN4O3/c1-12-9-14(5-8-16(12)20)22-19(26)18-21-11-24(23-18)10-17(25)13-3-6-15(27-2)7-4-13/h3-9,11,17,25H,10H2,1-2H3,(H,22,26). The number of aliphatic hydroxyl groups is 1. The average Bonchev–Trinajstić information content (AvgIpc) is 3.13. The number of hydrogen-bond acceptors (Lipinski definition) is 5. The molecule has 27 heavy (non-hydrogen) atoms. The highest BCUT2D eigenvalue weighted by Gasteiger charge is 2.15. The molecule has 1 unspecified atom stereocenters. The summed E-state index contributed by atoms with van der Waals surface area (Å²) in [6.07, 6.45) is 0.650. The predicted octanol–water partition coefficient (Wildman–Crippen LogP) is 3.34. The number of benzene rings is 2. The van der Waals surface area contributed by atoms with Gasteiger partial charge in [0.1, 0.15) is 12.1 Å². The van der Waals surface area contributed by atoms with Gasteiger partial charge in [0.25, 0.3) is 5.91 Å². The molecule has 3 aromatic rings. The molecule has 0 aliphatic carbocycles. The lowest BCUT2D eigenvalue weighted by molar-refractivity contribution is 0.101. The lowest BCUT2D eigenvalue weighted by atomic mass is 10.1. The maximum atomic E-state index is 12.3. The Morgan fingerprint density at radius 3 is 2.70 bits per heavy atom. The van der Waals surface area contributed by atoms with Gasteiger partial charge in [-0.2, -0.15) is 0 Å². The van der Waals surface area contributed by atoms with Crippen molar-refractivity contribution in [3.8, 4) is 5.75 Å². The summed E-state index contributed by atoms with van der Waals surface area (Å²) in [7, 11) is 1.59. The van der Waals surface area contributed by atoms with Crippen LogP contribution in [0.2, 0.25) is 0 Å². The van der Waals surface area contributed by atoms with E-state index in [9.17, 15) is 9.90 Å². The van der Waals surface area contributed by atoms with E-state index < -0.39 is 12.0 Å². The van der Waals surface area contributed by atoms with Crippen LogP contribution in [0.3, 0.4) is 0 Å². The zero-order valence-corrected chi connectivity index (χ0v) is 16.5. The molecule has 140 valence electrons. The molecule has 0 saturated carbocycles. The number of halogens is 1. The molecular formula is C19H19BrN4O3. The summed E-state index contributed by atoms with van der Waals surface area (Å²) in [5, 5.41) is 17.3. The van der Waals surface area contributed by atoms with Gasteiger partial charge < -0.3 is 15.2 Å². The number of anilines is 1. The summed E-state index contributed by atoms with van der Waals surface area (Å²) in [4.78, 5) is 16.3. The molecule has 8 heteroatoms. The summed E-state index contributed by atoms with van der Waals surface area (Å²) in [6, 6.07) is 12.6. The molecule has 2 N–H and O–H groups in total. The highest BCUT2D eigenvalue weighted by molar-refractivity contribution is 9.10. The van der Waals surface area contributed by atoms with Gasteiger partial charge in [0.15, 0.2) is 0 Å². The zero-order valence-electron chi connectivity index (χ0n) is 14.9. The third-order valence-corrected chi connectivity index (χ3v) is 4.91. The number of carbonyl (C=O) groups is 1. The van der Waals surface area contributed by atoms with Crippen LogP contribution in [0.4, 0.5) is 5.69 Å². The first-order valence-corrected chi connectivity index (χ1v) is 9.04. The normalized spacial score (nSPS) is 11.9. The van der Waals surface area contributed by atoms with Gasteiger partial charge in [-0.25, -0.2) is 9.67 Å². The summed E-state index contributed by atoms with van der Waals surface area (Å²) in [6.45, 7) is 2.12. The molecule has 0 spiro atoms. The molecule has 0 aliphatic rings. The molecule has 7 nitrogen and oxygen atoms in total. The Hall–Kier alpha value is -2.71. The number of aryl methyl sites for hydroxylation is 1. The number of aliphatic hydroxyl groups excluding tert-OH is 1. The second-order valence-electron chi connectivity index (χ2n) is 6.00. The van der Waals surface area contributed by atoms with Gasteiger partial charge in [0, 0.05) is 10.2 Å². The van der Waals surface area contributed by atoms with Gasteiger partial charge >= 0.3 is 0 Å². The van der Waals surface area contributed by atoms with E-state index in [-0.39, 0.29) is 12.4 Å². The second kappa shape index (κ2) is 8.32. The fourth-order valence-electron chi connectivity index (χ4n) is 2.50. The molecule has 0 bridgehead atoms. The number of nitrogens with one attached hydrogen (secondary N) is 1. The van der Waals surface area contributed by atoms with Crippen molar-refractivity contribution in [3.05, 3.63) is 70.2 Å². The lowest BCUT2D eigenvalue weighted by Crippen LogP contribution is -2.15. The molecule has 0 aliphatic heterocycles. The number of ether oxygens (including phenoxy) is 1. The van der Waals surface area contributed by atoms with E-state index in [1.807, 2.05) is 19.1 Å². The van der Waals surface area contributed by atoms with Crippen molar-refractivity contribution in [3.63, 3.8) is 0 Å². The topological polar surface area (TPSA) is 89.3 Å². The highest BCUT2D eigenvalue weighted by Crippen LogP contribution is 2.21. The molecule has 0 saturated heterocycles. The van der Waals surface area contributed by atoms with Crippen molar-refractivity contribution in [2.24, 2.45) is 0 Å². The number of amides is 1. The van der Waals surface area contributed by atoms with Crippen molar-refractivity contribution in [2.45, 2.75) is 19.6 Å². The zero-order chi connectivity index (χ0) is 19.4. The van der Waals surface area contributed by atoms with Crippen LogP contribution >= 0.6 is 15.9 Å². The highest BCUT2D eigenvalue weighted by atomic mass is 79.9. The third kappa shape index (κ3) is 4.72. The van der Waals surface area contributed by atoms with E-state index in [0.717, 1.165) is 15.6 Å². The van der Waals surface area contributed by atoms with Gasteiger partial charge in [-0.3, -0.25) is 4.79 Å². The molecule has 0 fully saturated rings. The number of methoxy groups -OCH3 is 1. The number of aromatic nitrogens is 3. The third-order valence-electron chi connectivity index (χ3n) is 4.02. The van der Waals surface area contributed by atoms with Crippen LogP contribution in [0.1, 0.15) is 27.8 Å². The van der Waals surface area contributed by atoms with E-state index in [4.69, 9.17) is 4.74 Å². The number of rotatable bonds is 6. The first-order chi connectivity index (χ1) is 13.0. The molecule has 2 aromatic carbocycles. The van der Waals surface area contributed by atoms with E-state index in [1.165, 1.54) is 11.0 Å². The second-order valence-corrected chi connectivity index (χ2v) is 6.85. The molecule has 1 amide bonds. The predicted molar refractivity (Wildman–Crippen MR) is 105 cm³/mol. The van der Waals surface area contributed by atoms with Gasteiger partial charge in [-0.15, -0.1) is 5.10 Å². The molecule has 1 heterocycles. The fraction of sp³-hybridized carbons (Fsp3) is 0.211. The molecule has 0 radical (unpaired) electrons. The Kier molecular flexibility index (Phi) is 5.88. The van der Waals surface area contributed by atoms with Crippen molar-refractivity contribution in [2.75, 3.05) is 12.4 Å². The number of nitrogens with zero attached hydrogens (tertiary/aromatic N) is 3. The van der Waals surface area contributed by atoms with E-state index in [0.29, 0.717) is 11.4 Å². The Morgan fingerprint density at radius 2 is 2.04 bits per heavy atom. The molecular weight excluding hydrogens is 412 g/mol. The van der Waals surface area contributed by atoms with Crippen LogP contribution < -0.4 is 10.1 Å². The monoisotopic (exact) mass is 430 g/mol. The summed E-state index contributed by atoms with van der Waals surface area (Å²) in [5.74, 6) is 0.348. The van der Waals surface area contributed by atoms with Crippen LogP contribution in [-0.2, 0) is 6.54 Å². The van der Waals surface area contributed by atoms with Crippen molar-refractivity contribution in [1.82, 2.24) is 14.8 Å². The fourth-order valence-corrected chi connectivity index (χ4v) is 2.75. The molecule has 3 rings (SSSR count). The Labute approximate surface area is 165 Å². The first-order valence-electron chi connectivity index (χ1n) is 8.25. The van der Waals surface area contributed by atoms with Crippen LogP contribution in [-0.4, -0.2) is 32.9 Å². The van der Waals surface area contributed by atoms with Crippen LogP contribution in [0.25, 0.3) is 0 Å². The molecule has 1 aromatic heterocycles. The van der Waals surface area contributed by atoms with E-state index >= 15 is 0 Å². The van der Waals surface area contributed by atoms with Gasteiger partial charge in [-0.05, 0) is 48.4 Å². The smallest absolute Gasteiger partial charge is 0.295 e. The van der Waals surface area contributed by atoms with Crippen LogP contribution in [0, 0.1) is 6.92 Å². The summed E-state index contributed by atoms with van der Waals surface area (Å²) < 4.78 is 7.51. The average molecular weight is 431 g/mol.